The first-order valence-corrected chi connectivity index (χ1v) is 5.64. The van der Waals surface area contributed by atoms with Crippen LogP contribution in [0.1, 0.15) is 26.7 Å². The van der Waals surface area contributed by atoms with Crippen molar-refractivity contribution < 1.29 is 32.2 Å². The van der Waals surface area contributed by atoms with Gasteiger partial charge in [-0.1, -0.05) is 0 Å². The highest BCUT2D eigenvalue weighted by atomic mass is 19.4. The Labute approximate surface area is 102 Å². The largest absolute Gasteiger partial charge is 0.467 e. The fraction of sp³-hybridized carbons (Fsp3) is 0.909. The summed E-state index contributed by atoms with van der Waals surface area (Å²) in [6, 6.07) is 0. The second kappa shape index (κ2) is 3.84. The number of hydrogen-bond acceptors (Lipinski definition) is 4. The Morgan fingerprint density at radius 1 is 1.33 bits per heavy atom. The highest BCUT2D eigenvalue weighted by Gasteiger charge is 2.70. The number of rotatable bonds is 4. The number of hydrogen-bond donors (Lipinski definition) is 0. The first-order valence-electron chi connectivity index (χ1n) is 5.64. The van der Waals surface area contributed by atoms with E-state index in [-0.39, 0.29) is 6.42 Å². The van der Waals surface area contributed by atoms with Gasteiger partial charge in [-0.2, -0.15) is 13.2 Å². The standard InChI is InChI=1S/C11H15F3O4/c1-9(7(18-9)8(15)16-3)5-4-6-10(2,17-6)11(12,13)14/h6-7H,4-5H2,1-3H3/t6-,7-,9-,10-/m1/s1. The summed E-state index contributed by atoms with van der Waals surface area (Å²) in [5, 5.41) is 0. The normalized spacial score (nSPS) is 42.6. The van der Waals surface area contributed by atoms with Crippen molar-refractivity contribution in [2.24, 2.45) is 0 Å². The van der Waals surface area contributed by atoms with Crippen LogP contribution >= 0.6 is 0 Å². The maximum atomic E-state index is 12.5. The van der Waals surface area contributed by atoms with Crippen LogP contribution in [0.25, 0.3) is 0 Å². The number of esters is 1. The molecule has 2 rings (SSSR count). The molecule has 2 heterocycles. The number of ether oxygens (including phenoxy) is 3. The summed E-state index contributed by atoms with van der Waals surface area (Å²) in [6.07, 6.45) is -5.33. The van der Waals surface area contributed by atoms with Crippen LogP contribution in [0.3, 0.4) is 0 Å². The Bertz CT molecular complexity index is 370. The SMILES string of the molecule is COC(=O)[C@H]1O[C@]1(C)CC[C@H]1O[C@@]1(C)C(F)(F)F. The molecule has 0 aromatic rings. The zero-order valence-corrected chi connectivity index (χ0v) is 10.3. The van der Waals surface area contributed by atoms with Crippen LogP contribution in [0.4, 0.5) is 13.2 Å². The molecular formula is C11H15F3O4. The molecule has 2 saturated heterocycles. The molecule has 2 fully saturated rings. The molecule has 0 aliphatic carbocycles. The lowest BCUT2D eigenvalue weighted by atomic mass is 9.96. The summed E-state index contributed by atoms with van der Waals surface area (Å²) in [5.41, 5.74) is -2.76. The van der Waals surface area contributed by atoms with E-state index in [1.807, 2.05) is 0 Å². The van der Waals surface area contributed by atoms with Crippen molar-refractivity contribution >= 4 is 5.97 Å². The second-order valence-corrected chi connectivity index (χ2v) is 5.08. The Morgan fingerprint density at radius 3 is 2.39 bits per heavy atom. The summed E-state index contributed by atoms with van der Waals surface area (Å²) in [4.78, 5) is 11.2. The third-order valence-electron chi connectivity index (χ3n) is 3.71. The zero-order chi connectivity index (χ0) is 13.8. The van der Waals surface area contributed by atoms with E-state index < -0.39 is 35.6 Å². The van der Waals surface area contributed by atoms with Crippen molar-refractivity contribution in [1.82, 2.24) is 0 Å². The second-order valence-electron chi connectivity index (χ2n) is 5.08. The Morgan fingerprint density at radius 2 is 1.94 bits per heavy atom. The molecule has 0 unspecified atom stereocenters. The lowest BCUT2D eigenvalue weighted by molar-refractivity contribution is -0.178. The summed E-state index contributed by atoms with van der Waals surface area (Å²) in [7, 11) is 1.25. The number of halogens is 3. The summed E-state index contributed by atoms with van der Waals surface area (Å²) in [5.74, 6) is -0.493. The third-order valence-corrected chi connectivity index (χ3v) is 3.71. The molecule has 4 nitrogen and oxygen atoms in total. The molecular weight excluding hydrogens is 253 g/mol. The van der Waals surface area contributed by atoms with E-state index in [1.165, 1.54) is 7.11 Å². The Kier molecular flexibility index (Phi) is 2.90. The monoisotopic (exact) mass is 268 g/mol. The average Bonchev–Trinajstić information content (AvgIpc) is 3.12. The van der Waals surface area contributed by atoms with Crippen LogP contribution in [0, 0.1) is 0 Å². The van der Waals surface area contributed by atoms with Crippen LogP contribution in [0.5, 0.6) is 0 Å². The van der Waals surface area contributed by atoms with Gasteiger partial charge in [0, 0.05) is 0 Å². The highest BCUT2D eigenvalue weighted by molar-refractivity contribution is 5.79. The molecule has 2 aliphatic heterocycles. The molecule has 104 valence electrons. The highest BCUT2D eigenvalue weighted by Crippen LogP contribution is 2.52. The summed E-state index contributed by atoms with van der Waals surface area (Å²) in [6.45, 7) is 2.72. The minimum atomic E-state index is -4.36. The first-order chi connectivity index (χ1) is 8.14. The lowest BCUT2D eigenvalue weighted by Gasteiger charge is -2.11. The van der Waals surface area contributed by atoms with Gasteiger partial charge < -0.3 is 14.2 Å². The molecule has 4 atom stereocenters. The molecule has 0 spiro atoms. The number of carbonyl (C=O) groups excluding carboxylic acids is 1. The molecule has 0 saturated carbocycles. The topological polar surface area (TPSA) is 51.4 Å². The molecule has 7 heteroatoms. The van der Waals surface area contributed by atoms with E-state index >= 15 is 0 Å². The van der Waals surface area contributed by atoms with Crippen LogP contribution in [-0.4, -0.2) is 42.7 Å². The van der Waals surface area contributed by atoms with Crippen molar-refractivity contribution in [3.63, 3.8) is 0 Å². The van der Waals surface area contributed by atoms with Gasteiger partial charge in [-0.15, -0.1) is 0 Å². The quantitative estimate of drug-likeness (QED) is 0.576. The van der Waals surface area contributed by atoms with Crippen molar-refractivity contribution in [2.75, 3.05) is 7.11 Å². The van der Waals surface area contributed by atoms with Crippen LogP contribution < -0.4 is 0 Å². The fourth-order valence-corrected chi connectivity index (χ4v) is 2.09. The molecule has 0 aromatic carbocycles. The number of alkyl halides is 3. The van der Waals surface area contributed by atoms with Crippen LogP contribution in [-0.2, 0) is 19.0 Å². The molecule has 18 heavy (non-hydrogen) atoms. The zero-order valence-electron chi connectivity index (χ0n) is 10.3. The molecule has 0 aromatic heterocycles. The van der Waals surface area contributed by atoms with E-state index in [4.69, 9.17) is 9.47 Å². The first kappa shape index (κ1) is 13.6. The minimum absolute atomic E-state index is 0.208. The smallest absolute Gasteiger partial charge is 0.419 e. The predicted octanol–water partition coefficient (Wildman–Crippen LogP) is 1.82. The molecule has 2 aliphatic rings. The van der Waals surface area contributed by atoms with Gasteiger partial charge in [-0.3, -0.25) is 0 Å². The van der Waals surface area contributed by atoms with Gasteiger partial charge in [-0.05, 0) is 26.7 Å². The van der Waals surface area contributed by atoms with E-state index in [1.54, 1.807) is 6.92 Å². The maximum Gasteiger partial charge on any atom is 0.419 e. The maximum absolute atomic E-state index is 12.5. The Hall–Kier alpha value is -0.820. The van der Waals surface area contributed by atoms with Crippen LogP contribution in [0.15, 0.2) is 0 Å². The number of methoxy groups -OCH3 is 1. The van der Waals surface area contributed by atoms with Gasteiger partial charge >= 0.3 is 12.1 Å². The van der Waals surface area contributed by atoms with Crippen LogP contribution in [0.2, 0.25) is 0 Å². The van der Waals surface area contributed by atoms with Gasteiger partial charge in [0.1, 0.15) is 5.60 Å². The Balaban J connectivity index is 1.81. The van der Waals surface area contributed by atoms with Gasteiger partial charge in [0.2, 0.25) is 0 Å². The minimum Gasteiger partial charge on any atom is -0.467 e. The molecule has 0 radical (unpaired) electrons. The van der Waals surface area contributed by atoms with E-state index in [2.05, 4.69) is 4.74 Å². The third kappa shape index (κ3) is 2.09. The van der Waals surface area contributed by atoms with Crippen molar-refractivity contribution in [1.29, 1.82) is 0 Å². The van der Waals surface area contributed by atoms with Gasteiger partial charge in [0.05, 0.1) is 13.2 Å². The molecule has 0 amide bonds. The summed E-state index contributed by atoms with van der Waals surface area (Å²) >= 11 is 0. The van der Waals surface area contributed by atoms with Crippen molar-refractivity contribution in [3.8, 4) is 0 Å². The van der Waals surface area contributed by atoms with E-state index in [9.17, 15) is 18.0 Å². The van der Waals surface area contributed by atoms with Gasteiger partial charge in [0.15, 0.2) is 11.7 Å². The molecule has 0 N–H and O–H groups in total. The van der Waals surface area contributed by atoms with Gasteiger partial charge in [0.25, 0.3) is 0 Å². The average molecular weight is 268 g/mol. The van der Waals surface area contributed by atoms with E-state index in [0.29, 0.717) is 6.42 Å². The number of carbonyl (C=O) groups is 1. The van der Waals surface area contributed by atoms with Crippen molar-refractivity contribution in [3.05, 3.63) is 0 Å². The predicted molar refractivity (Wildman–Crippen MR) is 53.9 cm³/mol. The number of epoxide rings is 2. The lowest BCUT2D eigenvalue weighted by Crippen LogP contribution is -2.32. The summed E-state index contributed by atoms with van der Waals surface area (Å²) < 4.78 is 52.0. The molecule has 0 bridgehead atoms. The van der Waals surface area contributed by atoms with Gasteiger partial charge in [-0.25, -0.2) is 4.79 Å². The fourth-order valence-electron chi connectivity index (χ4n) is 2.09. The van der Waals surface area contributed by atoms with Crippen molar-refractivity contribution in [2.45, 2.75) is 56.3 Å². The van der Waals surface area contributed by atoms with E-state index in [0.717, 1.165) is 6.92 Å².